The summed E-state index contributed by atoms with van der Waals surface area (Å²) in [4.78, 5) is 0. The third-order valence-corrected chi connectivity index (χ3v) is 1.93. The Bertz CT molecular complexity index is 351. The standard InChI is InChI=1S/C9H5BrN2.CH4S/c10-9-3-1-2-7(4-9)8(5-11)6-12;1-2/h1-4,8H;2H,1H3. The summed E-state index contributed by atoms with van der Waals surface area (Å²) in [7, 11) is 0. The quantitative estimate of drug-likeness (QED) is 0.796. The number of benzene rings is 1. The van der Waals surface area contributed by atoms with E-state index in [0.29, 0.717) is 0 Å². The average molecular weight is 269 g/mol. The zero-order valence-corrected chi connectivity index (χ0v) is 10.1. The van der Waals surface area contributed by atoms with Gasteiger partial charge in [-0.2, -0.15) is 23.2 Å². The van der Waals surface area contributed by atoms with Gasteiger partial charge in [0.25, 0.3) is 0 Å². The number of thiol groups is 1. The largest absolute Gasteiger partial charge is 0.196 e. The van der Waals surface area contributed by atoms with Crippen LogP contribution in [0.15, 0.2) is 28.7 Å². The topological polar surface area (TPSA) is 47.6 Å². The molecule has 1 aromatic rings. The minimum absolute atomic E-state index is 0.664. The van der Waals surface area contributed by atoms with E-state index >= 15 is 0 Å². The molecular formula is C10H9BrN2S. The van der Waals surface area contributed by atoms with Crippen molar-refractivity contribution in [2.24, 2.45) is 0 Å². The molecule has 0 aliphatic rings. The molecule has 0 amide bonds. The lowest BCUT2D eigenvalue weighted by molar-refractivity contribution is 1.10. The van der Waals surface area contributed by atoms with Gasteiger partial charge in [0.05, 0.1) is 12.1 Å². The van der Waals surface area contributed by atoms with Crippen LogP contribution in [0, 0.1) is 22.7 Å². The monoisotopic (exact) mass is 268 g/mol. The van der Waals surface area contributed by atoms with Gasteiger partial charge in [0.15, 0.2) is 5.92 Å². The molecule has 0 aliphatic heterocycles. The van der Waals surface area contributed by atoms with Crippen LogP contribution in [0.3, 0.4) is 0 Å². The minimum atomic E-state index is -0.664. The van der Waals surface area contributed by atoms with Gasteiger partial charge >= 0.3 is 0 Å². The van der Waals surface area contributed by atoms with Gasteiger partial charge in [0, 0.05) is 4.47 Å². The zero-order valence-electron chi connectivity index (χ0n) is 7.61. The first-order chi connectivity index (χ1) is 6.77. The van der Waals surface area contributed by atoms with Crippen molar-refractivity contribution in [3.63, 3.8) is 0 Å². The second-order valence-electron chi connectivity index (χ2n) is 2.25. The van der Waals surface area contributed by atoms with Crippen molar-refractivity contribution in [2.45, 2.75) is 5.92 Å². The third kappa shape index (κ3) is 3.83. The molecule has 0 spiro atoms. The van der Waals surface area contributed by atoms with Gasteiger partial charge in [-0.1, -0.05) is 28.1 Å². The van der Waals surface area contributed by atoms with Crippen LogP contribution in [0.2, 0.25) is 0 Å². The summed E-state index contributed by atoms with van der Waals surface area (Å²) in [6, 6.07) is 11.0. The van der Waals surface area contributed by atoms with Crippen molar-refractivity contribution in [1.29, 1.82) is 10.5 Å². The summed E-state index contributed by atoms with van der Waals surface area (Å²) in [5.41, 5.74) is 0.731. The summed E-state index contributed by atoms with van der Waals surface area (Å²) < 4.78 is 0.885. The van der Waals surface area contributed by atoms with Crippen molar-refractivity contribution in [2.75, 3.05) is 6.26 Å². The molecule has 0 saturated carbocycles. The molecule has 1 aromatic carbocycles. The predicted molar refractivity (Wildman–Crippen MR) is 63.0 cm³/mol. The van der Waals surface area contributed by atoms with Crippen LogP contribution < -0.4 is 0 Å². The van der Waals surface area contributed by atoms with Crippen LogP contribution in [0.5, 0.6) is 0 Å². The molecule has 0 atom stereocenters. The summed E-state index contributed by atoms with van der Waals surface area (Å²) in [6.07, 6.45) is 1.69. The fourth-order valence-electron chi connectivity index (χ4n) is 0.864. The first kappa shape index (κ1) is 13.0. The average Bonchev–Trinajstić information content (AvgIpc) is 2.23. The lowest BCUT2D eigenvalue weighted by atomic mass is 10.0. The van der Waals surface area contributed by atoms with E-state index in [9.17, 15) is 0 Å². The Hall–Kier alpha value is -0.970. The maximum Gasteiger partial charge on any atom is 0.158 e. The van der Waals surface area contributed by atoms with E-state index in [2.05, 4.69) is 28.6 Å². The first-order valence-electron chi connectivity index (χ1n) is 3.77. The summed E-state index contributed by atoms with van der Waals surface area (Å²) in [5, 5.41) is 17.2. The van der Waals surface area contributed by atoms with E-state index < -0.39 is 5.92 Å². The maximum absolute atomic E-state index is 8.58. The highest BCUT2D eigenvalue weighted by molar-refractivity contribution is 9.10. The molecule has 14 heavy (non-hydrogen) atoms. The predicted octanol–water partition coefficient (Wildman–Crippen LogP) is 3.13. The van der Waals surface area contributed by atoms with E-state index in [0.717, 1.165) is 10.0 Å². The van der Waals surface area contributed by atoms with Gasteiger partial charge in [-0.05, 0) is 24.0 Å². The van der Waals surface area contributed by atoms with Gasteiger partial charge in [0.1, 0.15) is 0 Å². The summed E-state index contributed by atoms with van der Waals surface area (Å²) in [6.45, 7) is 0. The van der Waals surface area contributed by atoms with Gasteiger partial charge < -0.3 is 0 Å². The fourth-order valence-corrected chi connectivity index (χ4v) is 1.28. The Morgan fingerprint density at radius 3 is 2.29 bits per heavy atom. The van der Waals surface area contributed by atoms with E-state index in [1.807, 2.05) is 18.2 Å². The molecule has 0 unspecified atom stereocenters. The highest BCUT2D eigenvalue weighted by atomic mass is 79.9. The summed E-state index contributed by atoms with van der Waals surface area (Å²) in [5.74, 6) is -0.664. The summed E-state index contributed by atoms with van der Waals surface area (Å²) >= 11 is 6.80. The van der Waals surface area contributed by atoms with Crippen LogP contribution in [0.25, 0.3) is 0 Å². The number of hydrogen-bond acceptors (Lipinski definition) is 3. The van der Waals surface area contributed by atoms with Crippen LogP contribution in [0.1, 0.15) is 11.5 Å². The molecular weight excluding hydrogens is 260 g/mol. The molecule has 72 valence electrons. The lowest BCUT2D eigenvalue weighted by Crippen LogP contribution is -1.90. The lowest BCUT2D eigenvalue weighted by Gasteiger charge is -1.99. The first-order valence-corrected chi connectivity index (χ1v) is 5.46. The normalized spacial score (nSPS) is 8.14. The van der Waals surface area contributed by atoms with Gasteiger partial charge in [-0.25, -0.2) is 0 Å². The number of hydrogen-bond donors (Lipinski definition) is 1. The van der Waals surface area contributed by atoms with E-state index in [1.54, 1.807) is 24.5 Å². The second-order valence-corrected chi connectivity index (χ2v) is 3.16. The molecule has 0 aliphatic carbocycles. The second kappa shape index (κ2) is 7.44. The molecule has 1 rings (SSSR count). The Labute approximate surface area is 97.7 Å². The van der Waals surface area contributed by atoms with Crippen LogP contribution in [-0.2, 0) is 0 Å². The van der Waals surface area contributed by atoms with Crippen molar-refractivity contribution in [3.05, 3.63) is 34.3 Å². The van der Waals surface area contributed by atoms with Crippen molar-refractivity contribution in [1.82, 2.24) is 0 Å². The molecule has 0 radical (unpaired) electrons. The van der Waals surface area contributed by atoms with E-state index in [-0.39, 0.29) is 0 Å². The minimum Gasteiger partial charge on any atom is -0.196 e. The Morgan fingerprint density at radius 2 is 1.86 bits per heavy atom. The Balaban J connectivity index is 0.000000791. The van der Waals surface area contributed by atoms with Crippen molar-refractivity contribution < 1.29 is 0 Å². The molecule has 0 N–H and O–H groups in total. The number of nitrogens with zero attached hydrogens (tertiary/aromatic N) is 2. The highest BCUT2D eigenvalue weighted by Gasteiger charge is 2.07. The zero-order chi connectivity index (χ0) is 11.0. The fraction of sp³-hybridized carbons (Fsp3) is 0.200. The molecule has 0 bridgehead atoms. The molecule has 0 aromatic heterocycles. The van der Waals surface area contributed by atoms with E-state index in [4.69, 9.17) is 10.5 Å². The Kier molecular flexibility index (Phi) is 6.92. The van der Waals surface area contributed by atoms with Crippen LogP contribution >= 0.6 is 28.6 Å². The van der Waals surface area contributed by atoms with Crippen LogP contribution in [0.4, 0.5) is 0 Å². The Morgan fingerprint density at radius 1 is 1.29 bits per heavy atom. The third-order valence-electron chi connectivity index (χ3n) is 1.44. The van der Waals surface area contributed by atoms with Gasteiger partial charge in [-0.15, -0.1) is 0 Å². The molecule has 0 fully saturated rings. The molecule has 0 saturated heterocycles. The smallest absolute Gasteiger partial charge is 0.158 e. The molecule has 4 heteroatoms. The number of rotatable bonds is 1. The number of nitriles is 2. The van der Waals surface area contributed by atoms with E-state index in [1.165, 1.54) is 0 Å². The van der Waals surface area contributed by atoms with Crippen molar-refractivity contribution in [3.8, 4) is 12.1 Å². The maximum atomic E-state index is 8.58. The SMILES string of the molecule is CS.N#CC(C#N)c1cccc(Br)c1. The molecule has 2 nitrogen and oxygen atoms in total. The van der Waals surface area contributed by atoms with Gasteiger partial charge in [0.2, 0.25) is 0 Å². The number of halogens is 1. The molecule has 0 heterocycles. The van der Waals surface area contributed by atoms with Crippen molar-refractivity contribution >= 4 is 28.6 Å². The van der Waals surface area contributed by atoms with Gasteiger partial charge in [-0.3, -0.25) is 0 Å². The van der Waals surface area contributed by atoms with Crippen LogP contribution in [-0.4, -0.2) is 6.26 Å². The highest BCUT2D eigenvalue weighted by Crippen LogP contribution is 2.18.